The lowest BCUT2D eigenvalue weighted by atomic mass is 10.1. The topological polar surface area (TPSA) is 90.5 Å². The maximum absolute atomic E-state index is 14.2. The molecule has 2 aromatic carbocycles. The van der Waals surface area contributed by atoms with Gasteiger partial charge in [-0.2, -0.15) is 4.98 Å². The summed E-state index contributed by atoms with van der Waals surface area (Å²) in [5.41, 5.74) is 0.671. The lowest BCUT2D eigenvalue weighted by Gasteiger charge is -2.18. The molecule has 1 aromatic heterocycles. The van der Waals surface area contributed by atoms with Crippen molar-refractivity contribution in [2.75, 3.05) is 34.8 Å². The SMILES string of the molecule is C=CC(=O)N(C)c1cc(Nc2ccnc(N(Cl)CCCNC(=O)c3ccc(C(F)F)cc3)n2)ccc1F. The molecule has 194 valence electrons. The van der Waals surface area contributed by atoms with Gasteiger partial charge < -0.3 is 15.5 Å². The van der Waals surface area contributed by atoms with Gasteiger partial charge in [0.05, 0.1) is 5.69 Å². The molecule has 0 unspecified atom stereocenters. The van der Waals surface area contributed by atoms with E-state index in [0.29, 0.717) is 24.5 Å². The first kappa shape index (κ1) is 27.5. The van der Waals surface area contributed by atoms with Crippen LogP contribution in [0.4, 0.5) is 36.3 Å². The maximum atomic E-state index is 14.2. The highest BCUT2D eigenvalue weighted by Crippen LogP contribution is 2.25. The fourth-order valence-electron chi connectivity index (χ4n) is 3.19. The van der Waals surface area contributed by atoms with Gasteiger partial charge in [-0.25, -0.2) is 18.2 Å². The van der Waals surface area contributed by atoms with Crippen LogP contribution in [0.25, 0.3) is 0 Å². The van der Waals surface area contributed by atoms with E-state index in [1.165, 1.54) is 60.1 Å². The zero-order valence-electron chi connectivity index (χ0n) is 19.8. The second kappa shape index (κ2) is 12.7. The van der Waals surface area contributed by atoms with E-state index in [4.69, 9.17) is 11.8 Å². The van der Waals surface area contributed by atoms with E-state index in [0.717, 1.165) is 11.0 Å². The summed E-state index contributed by atoms with van der Waals surface area (Å²) >= 11 is 6.29. The number of rotatable bonds is 11. The molecule has 12 heteroatoms. The van der Waals surface area contributed by atoms with Gasteiger partial charge in [-0.15, -0.1) is 0 Å². The first-order chi connectivity index (χ1) is 17.7. The van der Waals surface area contributed by atoms with Crippen LogP contribution in [-0.4, -0.2) is 41.9 Å². The molecule has 3 rings (SSSR count). The molecule has 0 aliphatic carbocycles. The monoisotopic (exact) mass is 532 g/mol. The molecule has 37 heavy (non-hydrogen) atoms. The first-order valence-corrected chi connectivity index (χ1v) is 11.4. The summed E-state index contributed by atoms with van der Waals surface area (Å²) in [7, 11) is 1.44. The van der Waals surface area contributed by atoms with Crippen LogP contribution in [0, 0.1) is 5.82 Å². The van der Waals surface area contributed by atoms with E-state index in [9.17, 15) is 22.8 Å². The number of hydrogen-bond donors (Lipinski definition) is 2. The summed E-state index contributed by atoms with van der Waals surface area (Å²) in [6.45, 7) is 3.98. The number of aromatic nitrogens is 2. The van der Waals surface area contributed by atoms with Crippen LogP contribution in [0.3, 0.4) is 0 Å². The molecule has 0 radical (unpaired) electrons. The largest absolute Gasteiger partial charge is 0.352 e. The molecule has 1 heterocycles. The molecule has 3 aromatic rings. The molecule has 8 nitrogen and oxygen atoms in total. The van der Waals surface area contributed by atoms with Crippen molar-refractivity contribution in [3.8, 4) is 0 Å². The molecule has 2 N–H and O–H groups in total. The summed E-state index contributed by atoms with van der Waals surface area (Å²) in [6, 6.07) is 10.9. The minimum Gasteiger partial charge on any atom is -0.352 e. The van der Waals surface area contributed by atoms with Crippen molar-refractivity contribution in [1.82, 2.24) is 15.3 Å². The fourth-order valence-corrected chi connectivity index (χ4v) is 3.39. The van der Waals surface area contributed by atoms with Crippen molar-refractivity contribution in [3.63, 3.8) is 0 Å². The number of likely N-dealkylation sites (N-methyl/N-ethyl adjacent to an activating group) is 1. The summed E-state index contributed by atoms with van der Waals surface area (Å²) in [4.78, 5) is 33.6. The van der Waals surface area contributed by atoms with Gasteiger partial charge in [0.15, 0.2) is 0 Å². The fraction of sp³-hybridized carbons (Fsp3) is 0.200. The lowest BCUT2D eigenvalue weighted by Crippen LogP contribution is -2.27. The number of nitrogens with one attached hydrogen (secondary N) is 2. The molecule has 2 amide bonds. The molecular weight excluding hydrogens is 509 g/mol. The number of anilines is 4. The van der Waals surface area contributed by atoms with Crippen molar-refractivity contribution < 1.29 is 22.8 Å². The Morgan fingerprint density at radius 2 is 1.89 bits per heavy atom. The number of benzene rings is 2. The summed E-state index contributed by atoms with van der Waals surface area (Å²) < 4.78 is 40.8. The van der Waals surface area contributed by atoms with Crippen LogP contribution in [0.15, 0.2) is 67.4 Å². The summed E-state index contributed by atoms with van der Waals surface area (Å²) in [5, 5.41) is 5.72. The number of carbonyl (C=O) groups excluding carboxylic acids is 2. The Balaban J connectivity index is 1.54. The molecular formula is C25H24ClF3N6O2. The number of hydrogen-bond acceptors (Lipinski definition) is 6. The highest BCUT2D eigenvalue weighted by molar-refractivity contribution is 6.25. The Hall–Kier alpha value is -4.12. The number of amides is 2. The number of nitrogens with zero attached hydrogens (tertiary/aromatic N) is 4. The zero-order valence-corrected chi connectivity index (χ0v) is 20.6. The number of carbonyl (C=O) groups is 2. The van der Waals surface area contributed by atoms with Gasteiger partial charge in [0.2, 0.25) is 11.9 Å². The number of alkyl halides is 2. The molecule has 0 aliphatic heterocycles. The predicted octanol–water partition coefficient (Wildman–Crippen LogP) is 5.23. The quantitative estimate of drug-likeness (QED) is 0.200. The molecule has 0 atom stereocenters. The van der Waals surface area contributed by atoms with Crippen LogP contribution < -0.4 is 20.0 Å². The zero-order chi connectivity index (χ0) is 26.9. The van der Waals surface area contributed by atoms with Crippen molar-refractivity contribution in [2.45, 2.75) is 12.8 Å². The highest BCUT2D eigenvalue weighted by Gasteiger charge is 2.14. The van der Waals surface area contributed by atoms with Crippen molar-refractivity contribution >= 4 is 46.7 Å². The molecule has 0 bridgehead atoms. The molecule has 0 saturated heterocycles. The first-order valence-electron chi connectivity index (χ1n) is 11.1. The molecule has 0 spiro atoms. The third-order valence-corrected chi connectivity index (χ3v) is 5.51. The Bertz CT molecular complexity index is 1260. The summed E-state index contributed by atoms with van der Waals surface area (Å²) in [5.74, 6) is -0.841. The second-order valence-corrected chi connectivity index (χ2v) is 8.16. The standard InChI is InChI=1S/C25H24ClF3N6O2/c1-3-22(36)34(2)20-15-18(9-10-19(20)27)32-21-11-13-31-25(33-21)35(26)14-4-12-30-24(37)17-7-5-16(6-8-17)23(28)29/h3,5-11,13,15,23H,1,4,12,14H2,2H3,(H,30,37)(H,31,32,33). The average Bonchev–Trinajstić information content (AvgIpc) is 2.91. The van der Waals surface area contributed by atoms with Crippen LogP contribution in [0.2, 0.25) is 0 Å². The number of halogens is 4. The minimum atomic E-state index is -2.59. The van der Waals surface area contributed by atoms with Crippen molar-refractivity contribution in [2.24, 2.45) is 0 Å². The molecule has 0 saturated carbocycles. The minimum absolute atomic E-state index is 0.0650. The van der Waals surface area contributed by atoms with Crippen LogP contribution >= 0.6 is 11.8 Å². The maximum Gasteiger partial charge on any atom is 0.263 e. The second-order valence-electron chi connectivity index (χ2n) is 7.75. The summed E-state index contributed by atoms with van der Waals surface area (Å²) in [6.07, 6.45) is 0.439. The van der Waals surface area contributed by atoms with Crippen molar-refractivity contribution in [3.05, 3.63) is 84.3 Å². The average molecular weight is 533 g/mol. The van der Waals surface area contributed by atoms with E-state index < -0.39 is 18.1 Å². The Labute approximate surface area is 216 Å². The van der Waals surface area contributed by atoms with E-state index in [1.54, 1.807) is 6.07 Å². The Morgan fingerprint density at radius 1 is 1.16 bits per heavy atom. The van der Waals surface area contributed by atoms with Gasteiger partial charge in [-0.1, -0.05) is 18.7 Å². The van der Waals surface area contributed by atoms with Gasteiger partial charge in [0.25, 0.3) is 12.3 Å². The van der Waals surface area contributed by atoms with E-state index in [1.807, 2.05) is 0 Å². The Morgan fingerprint density at radius 3 is 2.57 bits per heavy atom. The third-order valence-electron chi connectivity index (χ3n) is 5.19. The molecule has 0 aliphatic rings. The lowest BCUT2D eigenvalue weighted by molar-refractivity contribution is -0.113. The van der Waals surface area contributed by atoms with Crippen LogP contribution in [0.5, 0.6) is 0 Å². The normalized spacial score (nSPS) is 10.6. The smallest absolute Gasteiger partial charge is 0.263 e. The van der Waals surface area contributed by atoms with E-state index in [-0.39, 0.29) is 35.2 Å². The van der Waals surface area contributed by atoms with Gasteiger partial charge >= 0.3 is 0 Å². The third kappa shape index (κ3) is 7.43. The van der Waals surface area contributed by atoms with Gasteiger partial charge in [0, 0.05) is 54.9 Å². The van der Waals surface area contributed by atoms with Gasteiger partial charge in [-0.05, 0) is 48.9 Å². The van der Waals surface area contributed by atoms with Crippen LogP contribution in [0.1, 0.15) is 28.8 Å². The van der Waals surface area contributed by atoms with E-state index >= 15 is 0 Å². The highest BCUT2D eigenvalue weighted by atomic mass is 35.5. The Kier molecular flexibility index (Phi) is 9.45. The van der Waals surface area contributed by atoms with E-state index in [2.05, 4.69) is 27.2 Å². The predicted molar refractivity (Wildman–Crippen MR) is 137 cm³/mol. The van der Waals surface area contributed by atoms with Crippen LogP contribution in [-0.2, 0) is 4.79 Å². The molecule has 0 fully saturated rings. The van der Waals surface area contributed by atoms with Gasteiger partial charge in [-0.3, -0.25) is 14.0 Å². The van der Waals surface area contributed by atoms with Crippen molar-refractivity contribution in [1.29, 1.82) is 0 Å². The van der Waals surface area contributed by atoms with Gasteiger partial charge in [0.1, 0.15) is 11.6 Å².